The molecular formula is C17H13Cl2N3O5. The number of amides is 2. The highest BCUT2D eigenvalue weighted by atomic mass is 35.5. The second-order valence-electron chi connectivity index (χ2n) is 5.03. The molecule has 2 aromatic carbocycles. The quantitative estimate of drug-likeness (QED) is 0.385. The number of hydrogen-bond donors (Lipinski definition) is 3. The van der Waals surface area contributed by atoms with Crippen molar-refractivity contribution in [3.63, 3.8) is 0 Å². The lowest BCUT2D eigenvalue weighted by atomic mass is 10.2. The highest BCUT2D eigenvalue weighted by molar-refractivity contribution is 6.42. The Bertz CT molecular complexity index is 885. The van der Waals surface area contributed by atoms with Crippen LogP contribution < -0.4 is 15.5 Å². The molecule has 2 amide bonds. The molecule has 0 aliphatic rings. The van der Waals surface area contributed by atoms with E-state index < -0.39 is 24.4 Å². The molecule has 8 nitrogen and oxygen atoms in total. The maximum absolute atomic E-state index is 11.8. The largest absolute Gasteiger partial charge is 0.482 e. The lowest BCUT2D eigenvalue weighted by Crippen LogP contribution is -2.32. The first-order chi connectivity index (χ1) is 12.8. The van der Waals surface area contributed by atoms with Gasteiger partial charge in [0.2, 0.25) is 0 Å². The normalized spacial score (nSPS) is 10.4. The molecule has 27 heavy (non-hydrogen) atoms. The monoisotopic (exact) mass is 409 g/mol. The van der Waals surface area contributed by atoms with Crippen molar-refractivity contribution in [2.45, 2.75) is 0 Å². The van der Waals surface area contributed by atoms with E-state index in [1.54, 1.807) is 30.3 Å². The zero-order valence-electron chi connectivity index (χ0n) is 13.6. The number of aliphatic carboxylic acids is 1. The number of benzene rings is 2. The van der Waals surface area contributed by atoms with Crippen molar-refractivity contribution in [2.24, 2.45) is 5.10 Å². The van der Waals surface area contributed by atoms with Crippen molar-refractivity contribution in [1.82, 2.24) is 5.43 Å². The predicted molar refractivity (Wildman–Crippen MR) is 100 cm³/mol. The summed E-state index contributed by atoms with van der Waals surface area (Å²) in [6, 6.07) is 10.7. The van der Waals surface area contributed by atoms with Crippen LogP contribution in [0.25, 0.3) is 0 Å². The Balaban J connectivity index is 1.87. The van der Waals surface area contributed by atoms with E-state index in [9.17, 15) is 14.4 Å². The Morgan fingerprint density at radius 1 is 1.07 bits per heavy atom. The van der Waals surface area contributed by atoms with Crippen LogP contribution in [-0.4, -0.2) is 35.7 Å². The van der Waals surface area contributed by atoms with Crippen molar-refractivity contribution in [2.75, 3.05) is 11.9 Å². The summed E-state index contributed by atoms with van der Waals surface area (Å²) in [5.41, 5.74) is 2.87. The van der Waals surface area contributed by atoms with Gasteiger partial charge in [0.1, 0.15) is 5.75 Å². The number of carbonyl (C=O) groups is 3. The fourth-order valence-electron chi connectivity index (χ4n) is 1.78. The highest BCUT2D eigenvalue weighted by Gasteiger charge is 2.14. The van der Waals surface area contributed by atoms with Crippen molar-refractivity contribution >= 4 is 52.9 Å². The maximum atomic E-state index is 11.8. The zero-order chi connectivity index (χ0) is 19.8. The first-order valence-electron chi connectivity index (χ1n) is 7.39. The number of nitrogens with one attached hydrogen (secondary N) is 2. The summed E-state index contributed by atoms with van der Waals surface area (Å²) in [5, 5.41) is 15.1. The number of rotatable bonds is 6. The number of nitrogens with zero attached hydrogens (tertiary/aromatic N) is 1. The fraction of sp³-hybridized carbons (Fsp3) is 0.0588. The van der Waals surface area contributed by atoms with Crippen LogP contribution in [0.5, 0.6) is 5.75 Å². The number of carbonyl (C=O) groups excluding carboxylic acids is 2. The van der Waals surface area contributed by atoms with Crippen LogP contribution in [0.15, 0.2) is 47.6 Å². The zero-order valence-corrected chi connectivity index (χ0v) is 15.1. The minimum Gasteiger partial charge on any atom is -0.482 e. The summed E-state index contributed by atoms with van der Waals surface area (Å²) in [4.78, 5) is 34.0. The summed E-state index contributed by atoms with van der Waals surface area (Å²) in [5.74, 6) is -2.67. The van der Waals surface area contributed by atoms with Crippen LogP contribution in [0.3, 0.4) is 0 Å². The molecule has 2 rings (SSSR count). The lowest BCUT2D eigenvalue weighted by molar-refractivity contribution is -0.139. The first kappa shape index (κ1) is 20.2. The summed E-state index contributed by atoms with van der Waals surface area (Å²) in [6.07, 6.45) is 1.30. The number of carboxylic acid groups (broad SMARTS) is 1. The first-order valence-corrected chi connectivity index (χ1v) is 8.15. The molecule has 2 aromatic rings. The molecule has 0 saturated heterocycles. The van der Waals surface area contributed by atoms with E-state index in [1.165, 1.54) is 18.3 Å². The number of hydrazone groups is 1. The molecule has 0 unspecified atom stereocenters. The molecule has 0 bridgehead atoms. The van der Waals surface area contributed by atoms with Gasteiger partial charge in [-0.05, 0) is 48.0 Å². The summed E-state index contributed by atoms with van der Waals surface area (Å²) in [6.45, 7) is -0.449. The lowest BCUT2D eigenvalue weighted by Gasteiger charge is -2.06. The standard InChI is InChI=1S/C17H13Cl2N3O5/c18-11-3-6-13(19)14(7-11)21-16(25)17(26)22-20-8-10-1-4-12(5-2-10)27-9-15(23)24/h1-8H,9H2,(H,21,25)(H,22,26)(H,23,24)/b20-8+. The van der Waals surface area contributed by atoms with Gasteiger partial charge in [0.25, 0.3) is 0 Å². The third kappa shape index (κ3) is 6.61. The molecule has 0 spiro atoms. The topological polar surface area (TPSA) is 117 Å². The Labute approximate surface area is 163 Å². The fourth-order valence-corrected chi connectivity index (χ4v) is 2.12. The van der Waals surface area contributed by atoms with Gasteiger partial charge in [-0.3, -0.25) is 9.59 Å². The van der Waals surface area contributed by atoms with E-state index in [0.29, 0.717) is 16.3 Å². The van der Waals surface area contributed by atoms with Crippen LogP contribution in [0.1, 0.15) is 5.56 Å². The molecule has 140 valence electrons. The number of ether oxygens (including phenoxy) is 1. The Morgan fingerprint density at radius 2 is 1.78 bits per heavy atom. The van der Waals surface area contributed by atoms with Crippen LogP contribution in [0.4, 0.5) is 5.69 Å². The molecule has 0 heterocycles. The molecule has 0 saturated carbocycles. The second-order valence-corrected chi connectivity index (χ2v) is 5.87. The van der Waals surface area contributed by atoms with Crippen LogP contribution in [0, 0.1) is 0 Å². The number of carboxylic acids is 1. The molecule has 0 atom stereocenters. The molecular weight excluding hydrogens is 397 g/mol. The number of anilines is 1. The molecule has 0 aromatic heterocycles. The number of halogens is 2. The van der Waals surface area contributed by atoms with Crippen molar-refractivity contribution in [3.05, 3.63) is 58.1 Å². The minimum absolute atomic E-state index is 0.199. The Kier molecular flexibility index (Phi) is 7.16. The van der Waals surface area contributed by atoms with Crippen LogP contribution in [-0.2, 0) is 14.4 Å². The Morgan fingerprint density at radius 3 is 2.44 bits per heavy atom. The minimum atomic E-state index is -1.08. The van der Waals surface area contributed by atoms with Gasteiger partial charge in [-0.25, -0.2) is 10.2 Å². The summed E-state index contributed by atoms with van der Waals surface area (Å²) >= 11 is 11.7. The average molecular weight is 410 g/mol. The van der Waals surface area contributed by atoms with E-state index >= 15 is 0 Å². The smallest absolute Gasteiger partial charge is 0.341 e. The molecule has 3 N–H and O–H groups in total. The van der Waals surface area contributed by atoms with E-state index in [1.807, 2.05) is 0 Å². The van der Waals surface area contributed by atoms with Gasteiger partial charge in [-0.1, -0.05) is 23.2 Å². The van der Waals surface area contributed by atoms with Gasteiger partial charge in [0.05, 0.1) is 16.9 Å². The SMILES string of the molecule is O=C(O)COc1ccc(/C=N/NC(=O)C(=O)Nc2cc(Cl)ccc2Cl)cc1. The van der Waals surface area contributed by atoms with Crippen molar-refractivity contribution in [3.8, 4) is 5.75 Å². The number of hydrogen-bond acceptors (Lipinski definition) is 5. The van der Waals surface area contributed by atoms with Gasteiger partial charge < -0.3 is 15.2 Å². The third-order valence-electron chi connectivity index (χ3n) is 3.00. The molecule has 0 fully saturated rings. The highest BCUT2D eigenvalue weighted by Crippen LogP contribution is 2.25. The van der Waals surface area contributed by atoms with Gasteiger partial charge >= 0.3 is 17.8 Å². The second kappa shape index (κ2) is 9.56. The van der Waals surface area contributed by atoms with Crippen LogP contribution >= 0.6 is 23.2 Å². The van der Waals surface area contributed by atoms with Gasteiger partial charge in [-0.15, -0.1) is 0 Å². The van der Waals surface area contributed by atoms with Gasteiger partial charge in [-0.2, -0.15) is 5.10 Å². The molecule has 10 heteroatoms. The van der Waals surface area contributed by atoms with E-state index in [4.69, 9.17) is 33.0 Å². The van der Waals surface area contributed by atoms with Gasteiger partial charge in [0.15, 0.2) is 6.61 Å². The Hall–Kier alpha value is -3.10. The van der Waals surface area contributed by atoms with E-state index in [-0.39, 0.29) is 10.7 Å². The maximum Gasteiger partial charge on any atom is 0.341 e. The van der Waals surface area contributed by atoms with E-state index in [2.05, 4.69) is 15.8 Å². The molecule has 0 aliphatic carbocycles. The summed E-state index contributed by atoms with van der Waals surface area (Å²) < 4.78 is 4.98. The molecule has 0 aliphatic heterocycles. The van der Waals surface area contributed by atoms with Crippen molar-refractivity contribution < 1.29 is 24.2 Å². The van der Waals surface area contributed by atoms with Gasteiger partial charge in [0, 0.05) is 5.02 Å². The van der Waals surface area contributed by atoms with Crippen molar-refractivity contribution in [1.29, 1.82) is 0 Å². The van der Waals surface area contributed by atoms with Crippen LogP contribution in [0.2, 0.25) is 10.0 Å². The third-order valence-corrected chi connectivity index (χ3v) is 3.57. The predicted octanol–water partition coefficient (Wildman–Crippen LogP) is 2.55. The van der Waals surface area contributed by atoms with E-state index in [0.717, 1.165) is 0 Å². The summed E-state index contributed by atoms with van der Waals surface area (Å²) in [7, 11) is 0. The average Bonchev–Trinajstić information content (AvgIpc) is 2.63. The molecule has 0 radical (unpaired) electrons.